The Morgan fingerprint density at radius 2 is 0.791 bits per heavy atom. The zero-order valence-electron chi connectivity index (χ0n) is 49.2. The van der Waals surface area contributed by atoms with E-state index in [1.165, 1.54) is 0 Å². The molecular weight excluding hydrogens is 1110 g/mol. The lowest BCUT2D eigenvalue weighted by Crippen LogP contribution is -2.21. The molecule has 0 saturated heterocycles. The molecule has 426 valence electrons. The van der Waals surface area contributed by atoms with Crippen molar-refractivity contribution >= 4 is 99.9 Å². The van der Waals surface area contributed by atoms with Crippen molar-refractivity contribution in [3.63, 3.8) is 0 Å². The Hall–Kier alpha value is -12.6. The van der Waals surface area contributed by atoms with Crippen LogP contribution >= 0.6 is 0 Å². The number of fused-ring (bicyclic) bond motifs is 12. The lowest BCUT2D eigenvalue weighted by atomic mass is 9.90. The molecule has 17 aromatic rings. The topological polar surface area (TPSA) is 88.4 Å². The molecule has 13 aromatic carbocycles. The van der Waals surface area contributed by atoms with Gasteiger partial charge in [0.15, 0.2) is 0 Å². The molecule has 0 amide bonds. The molecule has 0 unspecified atom stereocenters. The van der Waals surface area contributed by atoms with E-state index < -0.39 is 0 Å². The predicted octanol–water partition coefficient (Wildman–Crippen LogP) is 20.5. The Morgan fingerprint density at radius 3 is 1.35 bits per heavy atom. The number of rotatable bonds is 9. The maximum Gasteiger partial charge on any atom is 0.220 e. The second-order valence-electron chi connectivity index (χ2n) is 23.4. The first-order chi connectivity index (χ1) is 45.0. The smallest absolute Gasteiger partial charge is 0.220 e. The molecule has 5 heterocycles. The number of aromatic nitrogens is 5. The number of hydrogen-bond donors (Lipinski definition) is 1. The van der Waals surface area contributed by atoms with Gasteiger partial charge < -0.3 is 14.9 Å². The molecule has 0 bridgehead atoms. The van der Waals surface area contributed by atoms with E-state index in [9.17, 15) is 5.26 Å². The van der Waals surface area contributed by atoms with Crippen molar-refractivity contribution in [2.24, 2.45) is 0 Å². The number of nitrogen functional groups attached to an aromatic ring is 1. The first kappa shape index (κ1) is 51.6. The maximum atomic E-state index is 12.7. The van der Waals surface area contributed by atoms with Crippen LogP contribution in [0, 0.1) is 11.3 Å². The highest BCUT2D eigenvalue weighted by molar-refractivity contribution is 6.13. The number of nitrogens with zero attached hydrogens (tertiary/aromatic N) is 8. The Labute approximate surface area is 523 Å². The Morgan fingerprint density at radius 1 is 0.341 bits per heavy atom. The number of imidazole rings is 2. The van der Waals surface area contributed by atoms with E-state index in [1.54, 1.807) is 0 Å². The van der Waals surface area contributed by atoms with Gasteiger partial charge in [0.25, 0.3) is 0 Å². The second-order valence-corrected chi connectivity index (χ2v) is 23.4. The number of nitrogens with two attached hydrogens (primary N) is 1. The van der Waals surface area contributed by atoms with Crippen LogP contribution in [0.3, 0.4) is 0 Å². The second kappa shape index (κ2) is 20.2. The van der Waals surface area contributed by atoms with Gasteiger partial charge in [0, 0.05) is 44.0 Å². The van der Waals surface area contributed by atoms with Gasteiger partial charge >= 0.3 is 0 Å². The van der Waals surface area contributed by atoms with Gasteiger partial charge in [-0.2, -0.15) is 5.26 Å². The van der Waals surface area contributed by atoms with Gasteiger partial charge in [-0.05, 0) is 137 Å². The molecule has 1 aliphatic rings. The van der Waals surface area contributed by atoms with Crippen LogP contribution < -0.4 is 15.5 Å². The molecule has 4 aromatic heterocycles. The molecule has 9 nitrogen and oxygen atoms in total. The molecule has 0 atom stereocenters. The van der Waals surface area contributed by atoms with Crippen LogP contribution in [0.5, 0.6) is 0 Å². The zero-order valence-corrected chi connectivity index (χ0v) is 49.2. The van der Waals surface area contributed by atoms with Gasteiger partial charge in [-0.1, -0.05) is 201 Å². The fourth-order valence-electron chi connectivity index (χ4n) is 14.4. The third kappa shape index (κ3) is 7.80. The van der Waals surface area contributed by atoms with Crippen LogP contribution in [0.2, 0.25) is 0 Å². The van der Waals surface area contributed by atoms with Crippen molar-refractivity contribution in [3.8, 4) is 67.6 Å². The molecule has 0 fully saturated rings. The number of anilines is 5. The summed E-state index contributed by atoms with van der Waals surface area (Å²) < 4.78 is 9.24. The summed E-state index contributed by atoms with van der Waals surface area (Å²) in [6.07, 6.45) is 0. The van der Waals surface area contributed by atoms with Crippen molar-refractivity contribution in [1.82, 2.24) is 23.1 Å². The molecule has 0 saturated carbocycles. The standard InChI is InChI=1S/C82H53N9/c1-52-86(59-26-10-4-11-27-59)74-44-40-57(48-78(74)87(52)76-46-55(38-42-68(76)84)53-22-6-2-7-23-53)65-50-66(58-41-45-75-79(49-58)91-77-47-56(54-24-8-3-9-25-54)39-43-69(77)85-82(91)88(75)60-28-12-5-13-29-60)81(90-72-36-20-16-32-63(72)64-33-17-21-37-73(64)90)67(51-83)80(65)89-70-34-18-14-30-61(70)62-31-15-19-35-71(62)89/h2-50H,1,84H2. The summed E-state index contributed by atoms with van der Waals surface area (Å²) in [5, 5.41) is 17.1. The Bertz CT molecular complexity index is 5780. The molecule has 91 heavy (non-hydrogen) atoms. The Balaban J connectivity index is 0.986. The van der Waals surface area contributed by atoms with E-state index in [0.29, 0.717) is 11.3 Å². The van der Waals surface area contributed by atoms with Gasteiger partial charge in [0.2, 0.25) is 5.78 Å². The highest BCUT2D eigenvalue weighted by atomic mass is 15.4. The SMILES string of the molecule is C=C1N(c2ccccc2)c2ccc(-c3cc(-c4ccc5c(c4)n4c6cc(-c7ccccc7)ccc6nc4n5-c4ccccc4)c(-n4c5ccccc5c5ccccc54)c(C#N)c3-n3c4ccccc4c4ccccc43)cc2N1c1cc(-c2ccccc2)ccc1N. The van der Waals surface area contributed by atoms with Crippen LogP contribution in [-0.2, 0) is 0 Å². The van der Waals surface area contributed by atoms with Gasteiger partial charge in [0.05, 0.1) is 78.3 Å². The minimum absolute atomic E-state index is 0.505. The van der Waals surface area contributed by atoms with Crippen molar-refractivity contribution in [3.05, 3.63) is 315 Å². The van der Waals surface area contributed by atoms with Gasteiger partial charge in [-0.3, -0.25) is 18.8 Å². The fraction of sp³-hybridized carbons (Fsp3) is 0. The third-order valence-corrected chi connectivity index (χ3v) is 18.4. The number of benzene rings is 13. The lowest BCUT2D eigenvalue weighted by molar-refractivity contribution is 1.11. The molecule has 1 aliphatic heterocycles. The van der Waals surface area contributed by atoms with Crippen molar-refractivity contribution in [2.75, 3.05) is 15.5 Å². The van der Waals surface area contributed by atoms with E-state index in [0.717, 1.165) is 162 Å². The average Bonchev–Trinajstić information content (AvgIpc) is 1.66. The van der Waals surface area contributed by atoms with Crippen LogP contribution in [0.15, 0.2) is 310 Å². The summed E-state index contributed by atoms with van der Waals surface area (Å²) in [5.74, 6) is 1.52. The minimum Gasteiger partial charge on any atom is -0.397 e. The molecule has 9 heteroatoms. The summed E-state index contributed by atoms with van der Waals surface area (Å²) in [7, 11) is 0. The molecule has 0 radical (unpaired) electrons. The van der Waals surface area contributed by atoms with Crippen LogP contribution in [0.4, 0.5) is 28.4 Å². The predicted molar refractivity (Wildman–Crippen MR) is 375 cm³/mol. The Kier molecular flexibility index (Phi) is 11.5. The van der Waals surface area contributed by atoms with Gasteiger partial charge in [-0.15, -0.1) is 0 Å². The fourth-order valence-corrected chi connectivity index (χ4v) is 14.4. The van der Waals surface area contributed by atoms with Gasteiger partial charge in [-0.25, -0.2) is 4.98 Å². The highest BCUT2D eigenvalue weighted by Gasteiger charge is 2.36. The summed E-state index contributed by atoms with van der Waals surface area (Å²) in [4.78, 5) is 9.83. The molecule has 0 spiro atoms. The maximum absolute atomic E-state index is 12.7. The number of hydrogen-bond acceptors (Lipinski definition) is 5. The largest absolute Gasteiger partial charge is 0.397 e. The summed E-state index contributed by atoms with van der Waals surface area (Å²) in [6.45, 7) is 4.87. The number of nitriles is 1. The third-order valence-electron chi connectivity index (χ3n) is 18.4. The van der Waals surface area contributed by atoms with E-state index in [-0.39, 0.29) is 0 Å². The summed E-state index contributed by atoms with van der Waals surface area (Å²) in [6, 6.07) is 108. The lowest BCUT2D eigenvalue weighted by Gasteiger charge is -2.26. The molecule has 0 aliphatic carbocycles. The van der Waals surface area contributed by atoms with E-state index in [1.807, 2.05) is 18.2 Å². The van der Waals surface area contributed by atoms with Crippen LogP contribution in [0.25, 0.3) is 133 Å². The molecule has 2 N–H and O–H groups in total. The van der Waals surface area contributed by atoms with Crippen molar-refractivity contribution in [2.45, 2.75) is 0 Å². The van der Waals surface area contributed by atoms with E-state index in [4.69, 9.17) is 17.3 Å². The summed E-state index contributed by atoms with van der Waals surface area (Å²) in [5.41, 5.74) is 30.0. The van der Waals surface area contributed by atoms with Crippen molar-refractivity contribution in [1.29, 1.82) is 5.26 Å². The van der Waals surface area contributed by atoms with Crippen molar-refractivity contribution < 1.29 is 0 Å². The normalized spacial score (nSPS) is 12.4. The highest BCUT2D eigenvalue weighted by Crippen LogP contribution is 2.54. The van der Waals surface area contributed by atoms with Crippen LogP contribution in [-0.4, -0.2) is 23.1 Å². The van der Waals surface area contributed by atoms with E-state index in [2.05, 4.69) is 313 Å². The minimum atomic E-state index is 0.505. The van der Waals surface area contributed by atoms with E-state index >= 15 is 0 Å². The first-order valence-electron chi connectivity index (χ1n) is 30.6. The van der Waals surface area contributed by atoms with Crippen LogP contribution in [0.1, 0.15) is 5.56 Å². The molecular formula is C82H53N9. The number of para-hydroxylation sites is 6. The average molecular weight is 1160 g/mol. The first-order valence-corrected chi connectivity index (χ1v) is 30.6. The molecule has 18 rings (SSSR count). The summed E-state index contributed by atoms with van der Waals surface area (Å²) >= 11 is 0. The quantitative estimate of drug-likeness (QED) is 0.146. The monoisotopic (exact) mass is 1160 g/mol. The van der Waals surface area contributed by atoms with Gasteiger partial charge in [0.1, 0.15) is 17.5 Å². The zero-order chi connectivity index (χ0) is 60.4.